The second kappa shape index (κ2) is 10.6. The molecule has 0 aliphatic carbocycles. The highest BCUT2D eigenvalue weighted by molar-refractivity contribution is 5.82. The summed E-state index contributed by atoms with van der Waals surface area (Å²) in [6.45, 7) is 8.44. The third-order valence-electron chi connectivity index (χ3n) is 3.01. The highest BCUT2D eigenvalue weighted by Crippen LogP contribution is 2.14. The van der Waals surface area contributed by atoms with E-state index in [1.54, 1.807) is 6.08 Å². The van der Waals surface area contributed by atoms with Gasteiger partial charge in [-0.15, -0.1) is 0 Å². The Bertz CT molecular complexity index is 355. The summed E-state index contributed by atoms with van der Waals surface area (Å²) in [5.41, 5.74) is 3.96. The van der Waals surface area contributed by atoms with Gasteiger partial charge in [-0.1, -0.05) is 35.8 Å². The van der Waals surface area contributed by atoms with E-state index >= 15 is 0 Å². The first-order valence-corrected chi connectivity index (χ1v) is 7.06. The van der Waals surface area contributed by atoms with E-state index in [0.29, 0.717) is 0 Å². The van der Waals surface area contributed by atoms with Gasteiger partial charge in [-0.25, -0.2) is 4.79 Å². The Morgan fingerprint density at radius 1 is 1.05 bits per heavy atom. The predicted octanol–water partition coefficient (Wildman–Crippen LogP) is 4.97. The molecule has 0 aliphatic heterocycles. The fourth-order valence-corrected chi connectivity index (χ4v) is 1.81. The van der Waals surface area contributed by atoms with Crippen LogP contribution in [0.2, 0.25) is 0 Å². The molecule has 0 amide bonds. The lowest BCUT2D eigenvalue weighted by Crippen LogP contribution is -1.95. The Morgan fingerprint density at radius 2 is 1.68 bits per heavy atom. The quantitative estimate of drug-likeness (QED) is 0.351. The number of carbonyl (C=O) groups excluding carboxylic acids is 1. The molecule has 0 heterocycles. The molecule has 0 aromatic heterocycles. The van der Waals surface area contributed by atoms with Crippen LogP contribution in [0.5, 0.6) is 0 Å². The molecule has 0 radical (unpaired) electrons. The van der Waals surface area contributed by atoms with Crippen molar-refractivity contribution in [1.29, 1.82) is 0 Å². The Balaban J connectivity index is 4.17. The van der Waals surface area contributed by atoms with Gasteiger partial charge in [-0.05, 0) is 52.9 Å². The number of esters is 1. The Kier molecular flexibility index (Phi) is 9.87. The molecule has 0 rings (SSSR count). The predicted molar refractivity (Wildman–Crippen MR) is 82.0 cm³/mol. The van der Waals surface area contributed by atoms with E-state index in [2.05, 4.69) is 37.7 Å². The van der Waals surface area contributed by atoms with Crippen molar-refractivity contribution in [3.05, 3.63) is 34.9 Å². The molecule has 0 saturated carbocycles. The summed E-state index contributed by atoms with van der Waals surface area (Å²) in [6, 6.07) is 0. The van der Waals surface area contributed by atoms with Crippen molar-refractivity contribution >= 4 is 5.97 Å². The molecular formula is C17H28O2. The maximum atomic E-state index is 11.1. The Labute approximate surface area is 118 Å². The normalized spacial score (nSPS) is 12.3. The van der Waals surface area contributed by atoms with E-state index in [1.165, 1.54) is 18.3 Å². The first kappa shape index (κ1) is 17.7. The van der Waals surface area contributed by atoms with Crippen LogP contribution in [0.3, 0.4) is 0 Å². The maximum absolute atomic E-state index is 11.1. The second-order valence-corrected chi connectivity index (χ2v) is 5.09. The Hall–Kier alpha value is -1.31. The zero-order valence-electron chi connectivity index (χ0n) is 13.1. The highest BCUT2D eigenvalue weighted by atomic mass is 16.5. The largest absolute Gasteiger partial charge is 0.466 e. The number of hydrogen-bond acceptors (Lipinski definition) is 2. The molecule has 108 valence electrons. The van der Waals surface area contributed by atoms with Gasteiger partial charge < -0.3 is 4.74 Å². The van der Waals surface area contributed by atoms with Crippen molar-refractivity contribution in [1.82, 2.24) is 0 Å². The lowest BCUT2D eigenvalue weighted by atomic mass is 10.0. The lowest BCUT2D eigenvalue weighted by molar-refractivity contribution is -0.134. The fraction of sp³-hybridized carbons (Fsp3) is 0.588. The Morgan fingerprint density at radius 3 is 2.21 bits per heavy atom. The highest BCUT2D eigenvalue weighted by Gasteiger charge is 1.97. The van der Waals surface area contributed by atoms with Gasteiger partial charge in [0.05, 0.1) is 7.11 Å². The van der Waals surface area contributed by atoms with E-state index in [9.17, 15) is 4.79 Å². The van der Waals surface area contributed by atoms with Crippen LogP contribution in [0, 0.1) is 0 Å². The summed E-state index contributed by atoms with van der Waals surface area (Å²) in [5.74, 6) is -0.263. The average molecular weight is 264 g/mol. The van der Waals surface area contributed by atoms with Gasteiger partial charge in [-0.3, -0.25) is 0 Å². The molecule has 0 aromatic rings. The van der Waals surface area contributed by atoms with Gasteiger partial charge >= 0.3 is 5.97 Å². The first-order valence-electron chi connectivity index (χ1n) is 7.06. The van der Waals surface area contributed by atoms with Gasteiger partial charge in [0.25, 0.3) is 0 Å². The summed E-state index contributed by atoms with van der Waals surface area (Å²) in [5, 5.41) is 0. The standard InChI is InChI=1S/C17H28O2/c1-6-16(11-7-9-14(2)3)12-8-10-15(4)13-17(18)19-5/h9,12-13H,6-8,10-11H2,1-5H3. The van der Waals surface area contributed by atoms with Gasteiger partial charge in [0.2, 0.25) is 0 Å². The van der Waals surface area contributed by atoms with E-state index in [0.717, 1.165) is 37.7 Å². The minimum Gasteiger partial charge on any atom is -0.466 e. The molecule has 0 bridgehead atoms. The molecule has 19 heavy (non-hydrogen) atoms. The number of methoxy groups -OCH3 is 1. The molecular weight excluding hydrogens is 236 g/mol. The zero-order chi connectivity index (χ0) is 14.7. The minimum atomic E-state index is -0.263. The van der Waals surface area contributed by atoms with E-state index in [-0.39, 0.29) is 5.97 Å². The van der Waals surface area contributed by atoms with Crippen molar-refractivity contribution in [2.45, 2.75) is 59.8 Å². The monoisotopic (exact) mass is 264 g/mol. The van der Waals surface area contributed by atoms with Crippen molar-refractivity contribution in [3.63, 3.8) is 0 Å². The van der Waals surface area contributed by atoms with Crippen molar-refractivity contribution in [2.75, 3.05) is 7.11 Å². The molecule has 2 nitrogen and oxygen atoms in total. The van der Waals surface area contributed by atoms with E-state index in [4.69, 9.17) is 0 Å². The number of carbonyl (C=O) groups is 1. The van der Waals surface area contributed by atoms with Crippen molar-refractivity contribution in [3.8, 4) is 0 Å². The maximum Gasteiger partial charge on any atom is 0.330 e. The van der Waals surface area contributed by atoms with E-state index in [1.807, 2.05) is 6.92 Å². The SMILES string of the molecule is CCC(=CCCC(C)=CC(=O)OC)CCC=C(C)C. The first-order chi connectivity index (χ1) is 8.99. The lowest BCUT2D eigenvalue weighted by Gasteiger charge is -2.04. The van der Waals surface area contributed by atoms with Crippen molar-refractivity contribution in [2.24, 2.45) is 0 Å². The van der Waals surface area contributed by atoms with Crippen LogP contribution in [0.25, 0.3) is 0 Å². The molecule has 0 aliphatic rings. The van der Waals surface area contributed by atoms with Gasteiger partial charge in [0, 0.05) is 6.08 Å². The van der Waals surface area contributed by atoms with Crippen LogP contribution in [0.1, 0.15) is 59.8 Å². The topological polar surface area (TPSA) is 26.3 Å². The summed E-state index contributed by atoms with van der Waals surface area (Å²) in [6.07, 6.45) is 11.5. The molecule has 0 aromatic carbocycles. The molecule has 0 N–H and O–H groups in total. The van der Waals surface area contributed by atoms with Gasteiger partial charge in [0.1, 0.15) is 0 Å². The van der Waals surface area contributed by atoms with Crippen LogP contribution in [-0.2, 0) is 9.53 Å². The molecule has 0 atom stereocenters. The second-order valence-electron chi connectivity index (χ2n) is 5.09. The summed E-state index contributed by atoms with van der Waals surface area (Å²) >= 11 is 0. The van der Waals surface area contributed by atoms with Crippen LogP contribution in [0.15, 0.2) is 34.9 Å². The van der Waals surface area contributed by atoms with E-state index < -0.39 is 0 Å². The summed E-state index contributed by atoms with van der Waals surface area (Å²) in [7, 11) is 1.41. The van der Waals surface area contributed by atoms with Crippen molar-refractivity contribution < 1.29 is 9.53 Å². The zero-order valence-corrected chi connectivity index (χ0v) is 13.1. The fourth-order valence-electron chi connectivity index (χ4n) is 1.81. The number of ether oxygens (including phenoxy) is 1. The van der Waals surface area contributed by atoms with Gasteiger partial charge in [0.15, 0.2) is 0 Å². The van der Waals surface area contributed by atoms with Crippen LogP contribution in [0.4, 0.5) is 0 Å². The third-order valence-corrected chi connectivity index (χ3v) is 3.01. The number of hydrogen-bond donors (Lipinski definition) is 0. The van der Waals surface area contributed by atoms with Gasteiger partial charge in [-0.2, -0.15) is 0 Å². The molecule has 2 heteroatoms. The minimum absolute atomic E-state index is 0.263. The van der Waals surface area contributed by atoms with Crippen LogP contribution < -0.4 is 0 Å². The molecule has 0 unspecified atom stereocenters. The number of rotatable bonds is 8. The summed E-state index contributed by atoms with van der Waals surface area (Å²) < 4.78 is 4.61. The molecule has 0 fully saturated rings. The smallest absolute Gasteiger partial charge is 0.330 e. The molecule has 0 spiro atoms. The third kappa shape index (κ3) is 10.3. The number of allylic oxidation sites excluding steroid dienone is 5. The van der Waals surface area contributed by atoms with Crippen LogP contribution >= 0.6 is 0 Å². The molecule has 0 saturated heterocycles. The average Bonchev–Trinajstić information content (AvgIpc) is 2.36. The summed E-state index contributed by atoms with van der Waals surface area (Å²) in [4.78, 5) is 11.1. The van der Waals surface area contributed by atoms with Crippen LogP contribution in [-0.4, -0.2) is 13.1 Å².